The molecular weight excluding hydrogens is 288 g/mol. The van der Waals surface area contributed by atoms with E-state index in [4.69, 9.17) is 4.42 Å². The molecule has 0 atom stereocenters. The number of aromatic hydroxyl groups is 1. The third kappa shape index (κ3) is 3.43. The van der Waals surface area contributed by atoms with Crippen molar-refractivity contribution >= 4 is 0 Å². The molecule has 1 N–H and O–H groups in total. The maximum absolute atomic E-state index is 9.76. The molecule has 0 fully saturated rings. The van der Waals surface area contributed by atoms with E-state index in [0.717, 1.165) is 22.6 Å². The fourth-order valence-electron chi connectivity index (χ4n) is 2.45. The zero-order valence-corrected chi connectivity index (χ0v) is 13.6. The Morgan fingerprint density at radius 3 is 2.43 bits per heavy atom. The SMILES string of the molecule is Cc1ccc(-c2oc(CN(C)C)nc2-c2cccc(O)c2)cc1. The molecule has 0 aliphatic heterocycles. The number of hydrogen-bond donors (Lipinski definition) is 1. The van der Waals surface area contributed by atoms with Gasteiger partial charge in [0, 0.05) is 11.1 Å². The van der Waals surface area contributed by atoms with E-state index in [-0.39, 0.29) is 5.75 Å². The van der Waals surface area contributed by atoms with E-state index >= 15 is 0 Å². The van der Waals surface area contributed by atoms with Gasteiger partial charge in [-0.2, -0.15) is 0 Å². The largest absolute Gasteiger partial charge is 0.508 e. The topological polar surface area (TPSA) is 49.5 Å². The van der Waals surface area contributed by atoms with Crippen molar-refractivity contribution in [1.29, 1.82) is 0 Å². The van der Waals surface area contributed by atoms with E-state index in [2.05, 4.69) is 24.0 Å². The Bertz CT molecular complexity index is 804. The van der Waals surface area contributed by atoms with Crippen LogP contribution in [0.5, 0.6) is 5.75 Å². The molecule has 4 heteroatoms. The minimum atomic E-state index is 0.217. The molecule has 0 radical (unpaired) electrons. The molecule has 3 rings (SSSR count). The predicted molar refractivity (Wildman–Crippen MR) is 91.2 cm³/mol. The highest BCUT2D eigenvalue weighted by Gasteiger charge is 2.17. The smallest absolute Gasteiger partial charge is 0.209 e. The quantitative estimate of drug-likeness (QED) is 0.789. The van der Waals surface area contributed by atoms with Gasteiger partial charge < -0.3 is 14.4 Å². The highest BCUT2D eigenvalue weighted by atomic mass is 16.4. The summed E-state index contributed by atoms with van der Waals surface area (Å²) in [5.74, 6) is 1.60. The van der Waals surface area contributed by atoms with E-state index < -0.39 is 0 Å². The number of oxazole rings is 1. The first kappa shape index (κ1) is 15.3. The molecule has 4 nitrogen and oxygen atoms in total. The van der Waals surface area contributed by atoms with Crippen LogP contribution in [0.2, 0.25) is 0 Å². The Labute approximate surface area is 136 Å². The van der Waals surface area contributed by atoms with Gasteiger partial charge in [-0.1, -0.05) is 42.0 Å². The second-order valence-corrected chi connectivity index (χ2v) is 5.94. The van der Waals surface area contributed by atoms with Crippen molar-refractivity contribution in [1.82, 2.24) is 9.88 Å². The average Bonchev–Trinajstić information content (AvgIpc) is 2.91. The van der Waals surface area contributed by atoms with Crippen molar-refractivity contribution in [2.75, 3.05) is 14.1 Å². The van der Waals surface area contributed by atoms with Gasteiger partial charge in [0.25, 0.3) is 0 Å². The van der Waals surface area contributed by atoms with Crippen LogP contribution in [0.25, 0.3) is 22.6 Å². The Kier molecular flexibility index (Phi) is 4.17. The maximum atomic E-state index is 9.76. The van der Waals surface area contributed by atoms with Crippen molar-refractivity contribution in [2.45, 2.75) is 13.5 Å². The summed E-state index contributed by atoms with van der Waals surface area (Å²) < 4.78 is 6.01. The number of hydrogen-bond acceptors (Lipinski definition) is 4. The van der Waals surface area contributed by atoms with Crippen molar-refractivity contribution in [3.05, 3.63) is 60.0 Å². The molecule has 0 aliphatic rings. The molecule has 0 unspecified atom stereocenters. The molecule has 0 aliphatic carbocycles. The van der Waals surface area contributed by atoms with Crippen molar-refractivity contribution in [2.24, 2.45) is 0 Å². The number of benzene rings is 2. The summed E-state index contributed by atoms with van der Waals surface area (Å²) in [4.78, 5) is 6.65. The zero-order valence-electron chi connectivity index (χ0n) is 13.6. The monoisotopic (exact) mass is 308 g/mol. The molecule has 118 valence electrons. The van der Waals surface area contributed by atoms with Crippen LogP contribution in [-0.4, -0.2) is 29.1 Å². The standard InChI is InChI=1S/C19H20N2O2/c1-13-7-9-14(10-8-13)19-18(15-5-4-6-16(22)11-15)20-17(23-19)12-21(2)3/h4-11,22H,12H2,1-3H3. The second-order valence-electron chi connectivity index (χ2n) is 5.94. The number of nitrogens with zero attached hydrogens (tertiary/aromatic N) is 2. The molecule has 0 saturated carbocycles. The summed E-state index contributed by atoms with van der Waals surface area (Å²) in [5.41, 5.74) is 3.77. The highest BCUT2D eigenvalue weighted by Crippen LogP contribution is 2.34. The number of phenolic OH excluding ortho intramolecular Hbond substituents is 1. The number of rotatable bonds is 4. The summed E-state index contributed by atoms with van der Waals surface area (Å²) in [6, 6.07) is 15.2. The van der Waals surface area contributed by atoms with Gasteiger partial charge >= 0.3 is 0 Å². The number of aryl methyl sites for hydroxylation is 1. The lowest BCUT2D eigenvalue weighted by Crippen LogP contribution is -2.10. The number of phenols is 1. The molecule has 0 bridgehead atoms. The highest BCUT2D eigenvalue weighted by molar-refractivity contribution is 5.77. The lowest BCUT2D eigenvalue weighted by atomic mass is 10.0. The van der Waals surface area contributed by atoms with Crippen LogP contribution in [0.1, 0.15) is 11.5 Å². The van der Waals surface area contributed by atoms with Gasteiger partial charge in [-0.05, 0) is 33.2 Å². The lowest BCUT2D eigenvalue weighted by Gasteiger charge is -2.04. The third-order valence-electron chi connectivity index (χ3n) is 3.56. The Hall–Kier alpha value is -2.59. The van der Waals surface area contributed by atoms with Crippen LogP contribution in [0.4, 0.5) is 0 Å². The van der Waals surface area contributed by atoms with Crippen molar-refractivity contribution in [3.8, 4) is 28.3 Å². The van der Waals surface area contributed by atoms with E-state index in [1.54, 1.807) is 12.1 Å². The fourth-order valence-corrected chi connectivity index (χ4v) is 2.45. The summed E-state index contributed by atoms with van der Waals surface area (Å²) in [7, 11) is 3.95. The fraction of sp³-hybridized carbons (Fsp3) is 0.211. The maximum Gasteiger partial charge on any atom is 0.209 e. The van der Waals surface area contributed by atoms with E-state index in [0.29, 0.717) is 12.4 Å². The first-order valence-electron chi connectivity index (χ1n) is 7.54. The minimum absolute atomic E-state index is 0.217. The van der Waals surface area contributed by atoms with Gasteiger partial charge in [-0.15, -0.1) is 0 Å². The molecule has 1 aromatic heterocycles. The number of aromatic nitrogens is 1. The van der Waals surface area contributed by atoms with E-state index in [1.165, 1.54) is 5.56 Å². The molecule has 0 amide bonds. The van der Waals surface area contributed by atoms with Gasteiger partial charge in [-0.25, -0.2) is 4.98 Å². The second kappa shape index (κ2) is 6.26. The van der Waals surface area contributed by atoms with E-state index in [9.17, 15) is 5.11 Å². The van der Waals surface area contributed by atoms with Crippen LogP contribution in [0.3, 0.4) is 0 Å². The molecule has 0 saturated heterocycles. The molecule has 3 aromatic rings. The molecule has 2 aromatic carbocycles. The summed E-state index contributed by atoms with van der Waals surface area (Å²) in [6.45, 7) is 2.68. The lowest BCUT2D eigenvalue weighted by molar-refractivity contribution is 0.344. The van der Waals surface area contributed by atoms with Gasteiger partial charge in [0.15, 0.2) is 5.76 Å². The van der Waals surface area contributed by atoms with Crippen LogP contribution in [0.15, 0.2) is 52.9 Å². The van der Waals surface area contributed by atoms with Gasteiger partial charge in [0.2, 0.25) is 5.89 Å². The van der Waals surface area contributed by atoms with Gasteiger partial charge in [0.05, 0.1) is 6.54 Å². The summed E-state index contributed by atoms with van der Waals surface area (Å²) >= 11 is 0. The first-order valence-corrected chi connectivity index (χ1v) is 7.54. The molecule has 1 heterocycles. The van der Waals surface area contributed by atoms with Crippen LogP contribution < -0.4 is 0 Å². The predicted octanol–water partition coefficient (Wildman–Crippen LogP) is 4.08. The average molecular weight is 308 g/mol. The van der Waals surface area contributed by atoms with E-state index in [1.807, 2.05) is 43.3 Å². The first-order chi connectivity index (χ1) is 11.0. The van der Waals surface area contributed by atoms with Crippen LogP contribution in [-0.2, 0) is 6.54 Å². The summed E-state index contributed by atoms with van der Waals surface area (Å²) in [5, 5.41) is 9.76. The zero-order chi connectivity index (χ0) is 16.4. The Morgan fingerprint density at radius 2 is 1.78 bits per heavy atom. The van der Waals surface area contributed by atoms with Crippen molar-refractivity contribution in [3.63, 3.8) is 0 Å². The molecular formula is C19H20N2O2. The molecule has 0 spiro atoms. The Balaban J connectivity index is 2.12. The van der Waals surface area contributed by atoms with Crippen molar-refractivity contribution < 1.29 is 9.52 Å². The van der Waals surface area contributed by atoms with Crippen LogP contribution >= 0.6 is 0 Å². The normalized spacial score (nSPS) is 11.1. The van der Waals surface area contributed by atoms with Gasteiger partial charge in [-0.3, -0.25) is 0 Å². The molecule has 23 heavy (non-hydrogen) atoms. The van der Waals surface area contributed by atoms with Gasteiger partial charge in [0.1, 0.15) is 11.4 Å². The van der Waals surface area contributed by atoms with Crippen LogP contribution in [0, 0.1) is 6.92 Å². The minimum Gasteiger partial charge on any atom is -0.508 e. The Morgan fingerprint density at radius 1 is 1.04 bits per heavy atom. The third-order valence-corrected chi connectivity index (χ3v) is 3.56. The summed E-state index contributed by atoms with van der Waals surface area (Å²) in [6.07, 6.45) is 0.